The SMILES string of the molecule is C=CCn1c(CNc2ccc(Cl)cc2)nnc1SCC(=O)N/N=C/c1ccc(OCc2ccc(F)cc2)o1. The second-order valence-electron chi connectivity index (χ2n) is 7.81. The normalized spacial score (nSPS) is 11.0. The van der Waals surface area contributed by atoms with Crippen molar-refractivity contribution < 1.29 is 18.3 Å². The number of benzene rings is 2. The summed E-state index contributed by atoms with van der Waals surface area (Å²) in [6, 6.07) is 16.6. The number of hydrazone groups is 1. The first-order valence-electron chi connectivity index (χ1n) is 11.4. The van der Waals surface area contributed by atoms with Crippen molar-refractivity contribution in [1.82, 2.24) is 20.2 Å². The van der Waals surface area contributed by atoms with Crippen LogP contribution in [0, 0.1) is 5.82 Å². The first-order chi connectivity index (χ1) is 18.5. The van der Waals surface area contributed by atoms with E-state index in [4.69, 9.17) is 20.8 Å². The number of nitrogens with one attached hydrogen (secondary N) is 2. The van der Waals surface area contributed by atoms with Gasteiger partial charge >= 0.3 is 0 Å². The molecule has 2 aromatic heterocycles. The van der Waals surface area contributed by atoms with Crippen LogP contribution in [0.5, 0.6) is 5.95 Å². The van der Waals surface area contributed by atoms with Crippen LogP contribution in [0.25, 0.3) is 0 Å². The van der Waals surface area contributed by atoms with E-state index in [1.165, 1.54) is 30.1 Å². The summed E-state index contributed by atoms with van der Waals surface area (Å²) in [4.78, 5) is 12.3. The minimum Gasteiger partial charge on any atom is -0.460 e. The third-order valence-electron chi connectivity index (χ3n) is 5.01. The third-order valence-corrected chi connectivity index (χ3v) is 6.23. The molecule has 12 heteroatoms. The van der Waals surface area contributed by atoms with Gasteiger partial charge in [-0.2, -0.15) is 5.10 Å². The van der Waals surface area contributed by atoms with Gasteiger partial charge in [0.15, 0.2) is 16.7 Å². The molecule has 2 N–H and O–H groups in total. The number of amides is 1. The van der Waals surface area contributed by atoms with Gasteiger partial charge < -0.3 is 19.0 Å². The second-order valence-corrected chi connectivity index (χ2v) is 9.19. The quantitative estimate of drug-likeness (QED) is 0.100. The Morgan fingerprint density at radius 1 is 1.16 bits per heavy atom. The molecule has 4 aromatic rings. The number of furan rings is 1. The molecule has 196 valence electrons. The molecule has 0 unspecified atom stereocenters. The molecule has 0 radical (unpaired) electrons. The van der Waals surface area contributed by atoms with Gasteiger partial charge in [-0.05, 0) is 48.0 Å². The van der Waals surface area contributed by atoms with Crippen molar-refractivity contribution in [2.75, 3.05) is 11.1 Å². The van der Waals surface area contributed by atoms with Crippen molar-refractivity contribution in [3.05, 3.63) is 101 Å². The zero-order valence-corrected chi connectivity index (χ0v) is 21.7. The molecule has 0 bridgehead atoms. The highest BCUT2D eigenvalue weighted by molar-refractivity contribution is 7.99. The maximum Gasteiger partial charge on any atom is 0.285 e. The van der Waals surface area contributed by atoms with Crippen LogP contribution in [-0.2, 0) is 24.5 Å². The summed E-state index contributed by atoms with van der Waals surface area (Å²) in [5.74, 6) is 0.838. The molecule has 0 atom stereocenters. The Kier molecular flexibility index (Phi) is 9.54. The highest BCUT2D eigenvalue weighted by atomic mass is 35.5. The molecule has 0 saturated carbocycles. The number of hydrogen-bond donors (Lipinski definition) is 2. The molecule has 1 amide bonds. The molecule has 0 aliphatic rings. The van der Waals surface area contributed by atoms with Crippen molar-refractivity contribution in [3.63, 3.8) is 0 Å². The van der Waals surface area contributed by atoms with Crippen molar-refractivity contribution in [2.24, 2.45) is 5.10 Å². The molecule has 2 aromatic carbocycles. The number of anilines is 1. The van der Waals surface area contributed by atoms with Gasteiger partial charge in [0.2, 0.25) is 0 Å². The maximum absolute atomic E-state index is 13.0. The van der Waals surface area contributed by atoms with Crippen LogP contribution in [0.3, 0.4) is 0 Å². The van der Waals surface area contributed by atoms with Crippen LogP contribution in [0.15, 0.2) is 88.0 Å². The number of aromatic nitrogens is 3. The average molecular weight is 555 g/mol. The lowest BCUT2D eigenvalue weighted by atomic mass is 10.2. The van der Waals surface area contributed by atoms with E-state index < -0.39 is 0 Å². The van der Waals surface area contributed by atoms with E-state index in [1.54, 1.807) is 42.5 Å². The molecule has 0 spiro atoms. The molecule has 9 nitrogen and oxygen atoms in total. The lowest BCUT2D eigenvalue weighted by Crippen LogP contribution is -2.20. The van der Waals surface area contributed by atoms with Gasteiger partial charge in [-0.3, -0.25) is 4.79 Å². The molecular weight excluding hydrogens is 531 g/mol. The van der Waals surface area contributed by atoms with E-state index in [2.05, 4.69) is 32.6 Å². The van der Waals surface area contributed by atoms with E-state index in [0.29, 0.717) is 34.9 Å². The molecule has 4 rings (SSSR count). The van der Waals surface area contributed by atoms with Crippen LogP contribution in [-0.4, -0.2) is 32.6 Å². The first-order valence-corrected chi connectivity index (χ1v) is 12.8. The Balaban J connectivity index is 1.23. The number of halogens is 2. The number of carbonyl (C=O) groups excluding carboxylic acids is 1. The number of thioether (sulfide) groups is 1. The number of nitrogens with zero attached hydrogens (tertiary/aromatic N) is 4. The Morgan fingerprint density at radius 2 is 1.95 bits per heavy atom. The van der Waals surface area contributed by atoms with E-state index in [9.17, 15) is 9.18 Å². The van der Waals surface area contributed by atoms with Gasteiger partial charge in [-0.25, -0.2) is 9.82 Å². The van der Waals surface area contributed by atoms with Crippen molar-refractivity contribution in [3.8, 4) is 5.95 Å². The summed E-state index contributed by atoms with van der Waals surface area (Å²) in [6.45, 7) is 4.96. The molecular formula is C26H24ClFN6O3S. The van der Waals surface area contributed by atoms with Gasteiger partial charge in [0.05, 0.1) is 18.5 Å². The molecule has 0 saturated heterocycles. The molecule has 38 heavy (non-hydrogen) atoms. The van der Waals surface area contributed by atoms with Crippen LogP contribution in [0.4, 0.5) is 10.1 Å². The Hall–Kier alpha value is -4.09. The van der Waals surface area contributed by atoms with Crippen LogP contribution in [0.1, 0.15) is 17.1 Å². The van der Waals surface area contributed by atoms with Gasteiger partial charge in [0.25, 0.3) is 11.9 Å². The molecule has 0 aliphatic carbocycles. The van der Waals surface area contributed by atoms with E-state index in [0.717, 1.165) is 11.3 Å². The standard InChI is InChI=1S/C26H24ClFN6O3S/c1-2-13-34-23(15-29-21-9-5-19(27)6-10-21)31-33-26(34)38-17-24(35)32-30-14-22-11-12-25(37-22)36-16-18-3-7-20(28)8-4-18/h2-12,14,29H,1,13,15-17H2,(H,32,35)/b30-14+. The van der Waals surface area contributed by atoms with Gasteiger partial charge in [0.1, 0.15) is 12.4 Å². The zero-order valence-electron chi connectivity index (χ0n) is 20.1. The van der Waals surface area contributed by atoms with Gasteiger partial charge in [-0.15, -0.1) is 16.8 Å². The maximum atomic E-state index is 13.0. The minimum absolute atomic E-state index is 0.0847. The number of rotatable bonds is 13. The van der Waals surface area contributed by atoms with E-state index in [1.807, 2.05) is 16.7 Å². The number of allylic oxidation sites excluding steroid dienone is 1. The van der Waals surface area contributed by atoms with Crippen molar-refractivity contribution in [2.45, 2.75) is 24.9 Å². The highest BCUT2D eigenvalue weighted by Crippen LogP contribution is 2.19. The second kappa shape index (κ2) is 13.5. The van der Waals surface area contributed by atoms with Crippen LogP contribution in [0.2, 0.25) is 5.02 Å². The van der Waals surface area contributed by atoms with E-state index >= 15 is 0 Å². The number of ether oxygens (including phenoxy) is 1. The topological polar surface area (TPSA) is 107 Å². The summed E-state index contributed by atoms with van der Waals surface area (Å²) < 4.78 is 25.9. The predicted molar refractivity (Wildman–Crippen MR) is 145 cm³/mol. The smallest absolute Gasteiger partial charge is 0.285 e. The van der Waals surface area contributed by atoms with Gasteiger partial charge in [0, 0.05) is 23.3 Å². The largest absolute Gasteiger partial charge is 0.460 e. The van der Waals surface area contributed by atoms with E-state index in [-0.39, 0.29) is 30.0 Å². The monoisotopic (exact) mass is 554 g/mol. The predicted octanol–water partition coefficient (Wildman–Crippen LogP) is 5.28. The Morgan fingerprint density at radius 3 is 2.71 bits per heavy atom. The summed E-state index contributed by atoms with van der Waals surface area (Å²) >= 11 is 7.17. The summed E-state index contributed by atoms with van der Waals surface area (Å²) in [6.07, 6.45) is 3.11. The molecule has 0 aliphatic heterocycles. The lowest BCUT2D eigenvalue weighted by molar-refractivity contribution is -0.118. The molecule has 0 fully saturated rings. The Bertz CT molecular complexity index is 1390. The first kappa shape index (κ1) is 27.0. The van der Waals surface area contributed by atoms with Crippen molar-refractivity contribution in [1.29, 1.82) is 0 Å². The average Bonchev–Trinajstić information content (AvgIpc) is 3.54. The fourth-order valence-corrected chi connectivity index (χ4v) is 4.05. The summed E-state index contributed by atoms with van der Waals surface area (Å²) in [5.41, 5.74) is 4.16. The zero-order chi connectivity index (χ0) is 26.7. The Labute approximate surface area is 227 Å². The number of hydrogen-bond acceptors (Lipinski definition) is 8. The molecule has 2 heterocycles. The third kappa shape index (κ3) is 7.95. The fraction of sp³-hybridized carbons (Fsp3) is 0.154. The van der Waals surface area contributed by atoms with Crippen molar-refractivity contribution >= 4 is 41.2 Å². The summed E-state index contributed by atoms with van der Waals surface area (Å²) in [7, 11) is 0. The fourth-order valence-electron chi connectivity index (χ4n) is 3.16. The van der Waals surface area contributed by atoms with Crippen LogP contribution < -0.4 is 15.5 Å². The highest BCUT2D eigenvalue weighted by Gasteiger charge is 2.13. The summed E-state index contributed by atoms with van der Waals surface area (Å²) in [5, 5.41) is 16.9. The minimum atomic E-state index is -0.320. The van der Waals surface area contributed by atoms with Crippen LogP contribution >= 0.6 is 23.4 Å². The number of carbonyl (C=O) groups is 1. The van der Waals surface area contributed by atoms with Gasteiger partial charge in [-0.1, -0.05) is 41.6 Å². The lowest BCUT2D eigenvalue weighted by Gasteiger charge is -2.09.